The molecule has 3 heteroatoms. The van der Waals surface area contributed by atoms with Gasteiger partial charge in [-0.3, -0.25) is 4.79 Å². The zero-order valence-electron chi connectivity index (χ0n) is 7.98. The molecule has 0 saturated carbocycles. The lowest BCUT2D eigenvalue weighted by Crippen LogP contribution is -2.28. The molecule has 1 heterocycles. The number of nitrogens with one attached hydrogen (secondary N) is 1. The first-order valence-electron chi connectivity index (χ1n) is 4.28. The van der Waals surface area contributed by atoms with Gasteiger partial charge in [0.2, 0.25) is 5.91 Å². The fraction of sp³-hybridized carbons (Fsp3) is 0.500. The van der Waals surface area contributed by atoms with E-state index in [1.807, 2.05) is 0 Å². The van der Waals surface area contributed by atoms with Crippen LogP contribution in [0.3, 0.4) is 0 Å². The molecule has 0 atom stereocenters. The monoisotopic (exact) mass is 243 g/mol. The van der Waals surface area contributed by atoms with Crippen LogP contribution in [0.4, 0.5) is 0 Å². The fourth-order valence-corrected chi connectivity index (χ4v) is 1.56. The number of piperidine rings is 1. The molecular formula is C10H14BrNO. The maximum atomic E-state index is 11.0. The third kappa shape index (κ3) is 3.35. The summed E-state index contributed by atoms with van der Waals surface area (Å²) in [6, 6.07) is 0. The Kier molecular flexibility index (Phi) is 2.96. The van der Waals surface area contributed by atoms with Gasteiger partial charge in [-0.25, -0.2) is 0 Å². The molecule has 1 amide bonds. The molecule has 0 aromatic rings. The Morgan fingerprint density at radius 3 is 2.62 bits per heavy atom. The highest BCUT2D eigenvalue weighted by Gasteiger charge is 2.18. The second kappa shape index (κ2) is 3.66. The first-order chi connectivity index (χ1) is 5.88. The van der Waals surface area contributed by atoms with Crippen LogP contribution >= 0.6 is 15.9 Å². The highest BCUT2D eigenvalue weighted by atomic mass is 79.9. The second-order valence-corrected chi connectivity index (χ2v) is 5.80. The van der Waals surface area contributed by atoms with E-state index < -0.39 is 0 Å². The lowest BCUT2D eigenvalue weighted by Gasteiger charge is -2.21. The number of hydrogen-bond acceptors (Lipinski definition) is 1. The summed E-state index contributed by atoms with van der Waals surface area (Å²) in [5.41, 5.74) is 1.87. The molecule has 0 spiro atoms. The van der Waals surface area contributed by atoms with Gasteiger partial charge in [0.15, 0.2) is 0 Å². The Bertz CT molecular complexity index is 273. The summed E-state index contributed by atoms with van der Waals surface area (Å²) in [5, 5.41) is 2.73. The van der Waals surface area contributed by atoms with Crippen LogP contribution in [0.1, 0.15) is 26.7 Å². The van der Waals surface area contributed by atoms with Crippen molar-refractivity contribution in [2.45, 2.75) is 31.0 Å². The standard InChI is InChI=1S/C10H14BrNO/c1-7-8(6-10(2,3)11)4-5-9(13)12-7/h6H,1,4-5H2,2-3H3,(H,12,13)/b8-6-. The number of carbonyl (C=O) groups excluding carboxylic acids is 1. The SMILES string of the molecule is C=C1NC(=O)CC/C1=C/C(C)(C)Br. The minimum atomic E-state index is -0.0344. The van der Waals surface area contributed by atoms with E-state index in [-0.39, 0.29) is 10.2 Å². The Morgan fingerprint density at radius 2 is 2.15 bits per heavy atom. The summed E-state index contributed by atoms with van der Waals surface area (Å²) in [6.07, 6.45) is 3.45. The number of alkyl halides is 1. The summed E-state index contributed by atoms with van der Waals surface area (Å²) in [6.45, 7) is 7.93. The van der Waals surface area contributed by atoms with Gasteiger partial charge < -0.3 is 5.32 Å². The van der Waals surface area contributed by atoms with Crippen LogP contribution in [0.25, 0.3) is 0 Å². The van der Waals surface area contributed by atoms with E-state index in [9.17, 15) is 4.79 Å². The molecule has 1 aliphatic rings. The Balaban J connectivity index is 2.78. The van der Waals surface area contributed by atoms with Crippen molar-refractivity contribution in [2.75, 3.05) is 0 Å². The maximum absolute atomic E-state index is 11.0. The van der Waals surface area contributed by atoms with Gasteiger partial charge in [-0.1, -0.05) is 28.6 Å². The lowest BCUT2D eigenvalue weighted by atomic mass is 9.99. The van der Waals surface area contributed by atoms with Gasteiger partial charge in [-0.2, -0.15) is 0 Å². The number of carbonyl (C=O) groups is 1. The molecule has 72 valence electrons. The Morgan fingerprint density at radius 1 is 1.54 bits per heavy atom. The van der Waals surface area contributed by atoms with E-state index >= 15 is 0 Å². The average Bonchev–Trinajstić information content (AvgIpc) is 1.93. The molecule has 1 aliphatic heterocycles. The third-order valence-corrected chi connectivity index (χ3v) is 2.05. The molecule has 1 fully saturated rings. The zero-order valence-corrected chi connectivity index (χ0v) is 9.57. The topological polar surface area (TPSA) is 29.1 Å². The number of rotatable bonds is 1. The van der Waals surface area contributed by atoms with E-state index in [4.69, 9.17) is 0 Å². The van der Waals surface area contributed by atoms with Crippen LogP contribution in [-0.2, 0) is 4.79 Å². The van der Waals surface area contributed by atoms with Crippen molar-refractivity contribution in [3.63, 3.8) is 0 Å². The van der Waals surface area contributed by atoms with E-state index in [0.717, 1.165) is 17.7 Å². The Hall–Kier alpha value is -0.570. The third-order valence-electron chi connectivity index (χ3n) is 1.82. The van der Waals surface area contributed by atoms with E-state index in [0.29, 0.717) is 6.42 Å². The molecular weight excluding hydrogens is 230 g/mol. The summed E-state index contributed by atoms with van der Waals surface area (Å²) in [4.78, 5) is 11.0. The van der Waals surface area contributed by atoms with Gasteiger partial charge in [-0.05, 0) is 25.8 Å². The first kappa shape index (κ1) is 10.5. The van der Waals surface area contributed by atoms with Gasteiger partial charge in [0, 0.05) is 16.4 Å². The van der Waals surface area contributed by atoms with Crippen LogP contribution in [0.5, 0.6) is 0 Å². The minimum absolute atomic E-state index is 0.0344. The smallest absolute Gasteiger partial charge is 0.224 e. The van der Waals surface area contributed by atoms with Gasteiger partial charge in [0.1, 0.15) is 0 Å². The van der Waals surface area contributed by atoms with Crippen LogP contribution < -0.4 is 5.32 Å². The van der Waals surface area contributed by atoms with Crippen LogP contribution in [0.15, 0.2) is 23.9 Å². The van der Waals surface area contributed by atoms with Crippen molar-refractivity contribution in [3.05, 3.63) is 23.9 Å². The number of amides is 1. The van der Waals surface area contributed by atoms with Crippen molar-refractivity contribution < 1.29 is 4.79 Å². The van der Waals surface area contributed by atoms with Crippen LogP contribution in [0, 0.1) is 0 Å². The van der Waals surface area contributed by atoms with Crippen molar-refractivity contribution in [2.24, 2.45) is 0 Å². The van der Waals surface area contributed by atoms with Gasteiger partial charge in [-0.15, -0.1) is 0 Å². The average molecular weight is 244 g/mol. The van der Waals surface area contributed by atoms with Crippen molar-refractivity contribution in [3.8, 4) is 0 Å². The summed E-state index contributed by atoms with van der Waals surface area (Å²) in [5.74, 6) is 0.0644. The van der Waals surface area contributed by atoms with Gasteiger partial charge >= 0.3 is 0 Å². The molecule has 0 aliphatic carbocycles. The molecule has 1 saturated heterocycles. The molecule has 1 rings (SSSR count). The minimum Gasteiger partial charge on any atom is -0.326 e. The molecule has 2 nitrogen and oxygen atoms in total. The van der Waals surface area contributed by atoms with E-state index in [1.54, 1.807) is 0 Å². The molecule has 0 aromatic heterocycles. The lowest BCUT2D eigenvalue weighted by molar-refractivity contribution is -0.120. The van der Waals surface area contributed by atoms with Gasteiger partial charge in [0.05, 0.1) is 0 Å². The number of allylic oxidation sites excluding steroid dienone is 2. The molecule has 0 radical (unpaired) electrons. The molecule has 0 unspecified atom stereocenters. The number of hydrogen-bond donors (Lipinski definition) is 1. The fourth-order valence-electron chi connectivity index (χ4n) is 1.28. The maximum Gasteiger partial charge on any atom is 0.224 e. The summed E-state index contributed by atoms with van der Waals surface area (Å²) < 4.78 is -0.0344. The van der Waals surface area contributed by atoms with Crippen LogP contribution in [0.2, 0.25) is 0 Å². The Labute approximate surface area is 87.2 Å². The van der Waals surface area contributed by atoms with Crippen molar-refractivity contribution in [1.82, 2.24) is 5.32 Å². The number of halogens is 1. The summed E-state index contributed by atoms with van der Waals surface area (Å²) in [7, 11) is 0. The highest BCUT2D eigenvalue weighted by molar-refractivity contribution is 9.10. The highest BCUT2D eigenvalue weighted by Crippen LogP contribution is 2.25. The molecule has 0 aromatic carbocycles. The predicted octanol–water partition coefficient (Wildman–Crippen LogP) is 2.51. The molecule has 1 N–H and O–H groups in total. The summed E-state index contributed by atoms with van der Waals surface area (Å²) >= 11 is 3.53. The van der Waals surface area contributed by atoms with E-state index in [2.05, 4.69) is 47.7 Å². The predicted molar refractivity (Wildman–Crippen MR) is 57.6 cm³/mol. The largest absolute Gasteiger partial charge is 0.326 e. The zero-order chi connectivity index (χ0) is 10.1. The van der Waals surface area contributed by atoms with E-state index in [1.165, 1.54) is 0 Å². The van der Waals surface area contributed by atoms with Crippen molar-refractivity contribution in [1.29, 1.82) is 0 Å². The van der Waals surface area contributed by atoms with Crippen LogP contribution in [-0.4, -0.2) is 10.2 Å². The second-order valence-electron chi connectivity index (χ2n) is 3.76. The molecule has 13 heavy (non-hydrogen) atoms. The normalized spacial score (nSPS) is 21.9. The first-order valence-corrected chi connectivity index (χ1v) is 5.07. The quantitative estimate of drug-likeness (QED) is 0.705. The van der Waals surface area contributed by atoms with Gasteiger partial charge in [0.25, 0.3) is 0 Å². The van der Waals surface area contributed by atoms with Crippen molar-refractivity contribution >= 4 is 21.8 Å². The molecule has 0 bridgehead atoms.